The van der Waals surface area contributed by atoms with Crippen molar-refractivity contribution < 1.29 is 14.3 Å². The number of benzene rings is 1. The molecule has 0 saturated carbocycles. The Kier molecular flexibility index (Phi) is 4.69. The number of hydrazone groups is 1. The molecule has 0 saturated heterocycles. The molecule has 0 N–H and O–H groups in total. The molecule has 0 spiro atoms. The van der Waals surface area contributed by atoms with Crippen molar-refractivity contribution in [3.8, 4) is 0 Å². The van der Waals surface area contributed by atoms with Crippen LogP contribution in [0.15, 0.2) is 48.1 Å². The maximum atomic E-state index is 12.2. The largest absolute Gasteiger partial charge is 0.466 e. The van der Waals surface area contributed by atoms with Crippen molar-refractivity contribution in [3.05, 3.63) is 48.5 Å². The Morgan fingerprint density at radius 1 is 1.29 bits per heavy atom. The molecule has 1 aromatic carbocycles. The van der Waals surface area contributed by atoms with Gasteiger partial charge in [-0.3, -0.25) is 9.59 Å². The van der Waals surface area contributed by atoms with Crippen LogP contribution in [0.2, 0.25) is 0 Å². The molecule has 0 fully saturated rings. The van der Waals surface area contributed by atoms with Gasteiger partial charge in [-0.05, 0) is 24.6 Å². The topological polar surface area (TPSA) is 76.8 Å². The highest BCUT2D eigenvalue weighted by atomic mass is 16.5. The van der Waals surface area contributed by atoms with Gasteiger partial charge >= 0.3 is 5.97 Å². The fraction of sp³-hybridized carbons (Fsp3) is 0.294. The van der Waals surface area contributed by atoms with E-state index in [-0.39, 0.29) is 18.3 Å². The number of anilines is 1. The highest BCUT2D eigenvalue weighted by molar-refractivity contribution is 6.12. The predicted molar refractivity (Wildman–Crippen MR) is 88.5 cm³/mol. The van der Waals surface area contributed by atoms with Crippen LogP contribution in [0.25, 0.3) is 0 Å². The van der Waals surface area contributed by atoms with Crippen molar-refractivity contribution in [2.45, 2.75) is 26.3 Å². The van der Waals surface area contributed by atoms with E-state index >= 15 is 0 Å². The van der Waals surface area contributed by atoms with Crippen molar-refractivity contribution in [1.29, 1.82) is 0 Å². The fourth-order valence-corrected chi connectivity index (χ4v) is 2.50. The number of hydrogen-bond donors (Lipinski definition) is 0. The van der Waals surface area contributed by atoms with Gasteiger partial charge in [-0.2, -0.15) is 5.10 Å². The molecule has 0 bridgehead atoms. The summed E-state index contributed by atoms with van der Waals surface area (Å²) in [5.74, 6) is -0.327. The summed E-state index contributed by atoms with van der Waals surface area (Å²) in [6.07, 6.45) is 5.73. The van der Waals surface area contributed by atoms with Crippen molar-refractivity contribution in [1.82, 2.24) is 9.55 Å². The lowest BCUT2D eigenvalue weighted by Crippen LogP contribution is -2.19. The van der Waals surface area contributed by atoms with E-state index in [9.17, 15) is 9.59 Å². The number of ether oxygens (including phenoxy) is 1. The van der Waals surface area contributed by atoms with Gasteiger partial charge in [-0.1, -0.05) is 12.1 Å². The van der Waals surface area contributed by atoms with E-state index in [0.29, 0.717) is 25.3 Å². The second kappa shape index (κ2) is 7.08. The summed E-state index contributed by atoms with van der Waals surface area (Å²) in [7, 11) is 0. The van der Waals surface area contributed by atoms with E-state index in [1.807, 2.05) is 22.9 Å². The SMILES string of the molecule is CCOC(=O)Cc1ccc(N2N=C(Cn3ccnc3)CC2=O)cc1. The van der Waals surface area contributed by atoms with E-state index < -0.39 is 0 Å². The molecule has 24 heavy (non-hydrogen) atoms. The molecule has 0 unspecified atom stereocenters. The molecule has 7 nitrogen and oxygen atoms in total. The summed E-state index contributed by atoms with van der Waals surface area (Å²) in [6, 6.07) is 7.19. The second-order valence-corrected chi connectivity index (χ2v) is 5.43. The third-order valence-electron chi connectivity index (χ3n) is 3.59. The lowest BCUT2D eigenvalue weighted by atomic mass is 10.1. The van der Waals surface area contributed by atoms with Crippen LogP contribution in [0, 0.1) is 0 Å². The molecule has 1 aromatic heterocycles. The summed E-state index contributed by atoms with van der Waals surface area (Å²) >= 11 is 0. The first-order valence-corrected chi connectivity index (χ1v) is 7.75. The lowest BCUT2D eigenvalue weighted by Gasteiger charge is -2.12. The zero-order valence-electron chi connectivity index (χ0n) is 13.4. The van der Waals surface area contributed by atoms with Gasteiger partial charge in [0, 0.05) is 12.4 Å². The monoisotopic (exact) mass is 326 g/mol. The van der Waals surface area contributed by atoms with Gasteiger partial charge in [0.15, 0.2) is 0 Å². The van der Waals surface area contributed by atoms with E-state index in [4.69, 9.17) is 4.74 Å². The molecule has 1 aliphatic rings. The first kappa shape index (κ1) is 15.9. The van der Waals surface area contributed by atoms with Crippen LogP contribution in [0.1, 0.15) is 18.9 Å². The average molecular weight is 326 g/mol. The molecule has 124 valence electrons. The number of imidazole rings is 1. The normalized spacial score (nSPS) is 14.0. The maximum Gasteiger partial charge on any atom is 0.310 e. The van der Waals surface area contributed by atoms with Crippen LogP contribution >= 0.6 is 0 Å². The summed E-state index contributed by atoms with van der Waals surface area (Å²) < 4.78 is 6.80. The van der Waals surface area contributed by atoms with E-state index in [1.54, 1.807) is 31.6 Å². The second-order valence-electron chi connectivity index (χ2n) is 5.43. The number of aromatic nitrogens is 2. The molecule has 2 aromatic rings. The molecule has 0 atom stereocenters. The Labute approximate surface area is 139 Å². The van der Waals surface area contributed by atoms with E-state index in [0.717, 1.165) is 11.3 Å². The van der Waals surface area contributed by atoms with E-state index in [1.165, 1.54) is 5.01 Å². The van der Waals surface area contributed by atoms with Crippen LogP contribution in [0.4, 0.5) is 5.69 Å². The first-order valence-electron chi connectivity index (χ1n) is 7.75. The molecule has 2 heterocycles. The number of amides is 1. The van der Waals surface area contributed by atoms with Crippen LogP contribution in [-0.4, -0.2) is 33.7 Å². The van der Waals surface area contributed by atoms with Gasteiger partial charge in [-0.25, -0.2) is 9.99 Å². The fourth-order valence-electron chi connectivity index (χ4n) is 2.50. The van der Waals surface area contributed by atoms with E-state index in [2.05, 4.69) is 10.1 Å². The maximum absolute atomic E-state index is 12.2. The minimum absolute atomic E-state index is 0.0664. The number of nitrogens with zero attached hydrogens (tertiary/aromatic N) is 4. The molecular formula is C17H18N4O3. The lowest BCUT2D eigenvalue weighted by molar-refractivity contribution is -0.142. The van der Waals surface area contributed by atoms with Gasteiger partial charge in [0.05, 0.1) is 43.7 Å². The van der Waals surface area contributed by atoms with Gasteiger partial charge in [0.25, 0.3) is 5.91 Å². The minimum Gasteiger partial charge on any atom is -0.466 e. The number of carbonyl (C=O) groups excluding carboxylic acids is 2. The molecule has 3 rings (SSSR count). The molecular weight excluding hydrogens is 308 g/mol. The average Bonchev–Trinajstić information content (AvgIpc) is 3.18. The summed E-state index contributed by atoms with van der Waals surface area (Å²) in [4.78, 5) is 27.6. The van der Waals surface area contributed by atoms with Crippen LogP contribution < -0.4 is 5.01 Å². The third-order valence-corrected chi connectivity index (χ3v) is 3.59. The van der Waals surface area contributed by atoms with Crippen molar-refractivity contribution >= 4 is 23.3 Å². The molecule has 0 radical (unpaired) electrons. The minimum atomic E-state index is -0.261. The number of hydrogen-bond acceptors (Lipinski definition) is 5. The molecule has 7 heteroatoms. The van der Waals surface area contributed by atoms with Crippen molar-refractivity contribution in [2.75, 3.05) is 11.6 Å². The Balaban J connectivity index is 1.68. The molecule has 1 amide bonds. The Bertz CT molecular complexity index is 751. The first-order chi connectivity index (χ1) is 11.7. The molecule has 1 aliphatic heterocycles. The van der Waals surface area contributed by atoms with Crippen molar-refractivity contribution in [3.63, 3.8) is 0 Å². The summed E-state index contributed by atoms with van der Waals surface area (Å²) in [5, 5.41) is 5.80. The summed E-state index contributed by atoms with van der Waals surface area (Å²) in [6.45, 7) is 2.69. The van der Waals surface area contributed by atoms with Crippen LogP contribution in [0.5, 0.6) is 0 Å². The van der Waals surface area contributed by atoms with Crippen LogP contribution in [-0.2, 0) is 27.3 Å². The smallest absolute Gasteiger partial charge is 0.310 e. The zero-order chi connectivity index (χ0) is 16.9. The quantitative estimate of drug-likeness (QED) is 0.758. The molecule has 0 aliphatic carbocycles. The standard InChI is InChI=1S/C17H18N4O3/c1-2-24-17(23)9-13-3-5-15(6-4-13)21-16(22)10-14(19-21)11-20-8-7-18-12-20/h3-8,12H,2,9-11H2,1H3. The van der Waals surface area contributed by atoms with Crippen molar-refractivity contribution in [2.24, 2.45) is 5.10 Å². The highest BCUT2D eigenvalue weighted by Gasteiger charge is 2.25. The number of rotatable bonds is 6. The number of carbonyl (C=O) groups is 2. The Morgan fingerprint density at radius 2 is 2.08 bits per heavy atom. The highest BCUT2D eigenvalue weighted by Crippen LogP contribution is 2.21. The summed E-state index contributed by atoms with van der Waals surface area (Å²) in [5.41, 5.74) is 2.31. The number of esters is 1. The van der Waals surface area contributed by atoms with Crippen LogP contribution in [0.3, 0.4) is 0 Å². The third kappa shape index (κ3) is 3.68. The van der Waals surface area contributed by atoms with Gasteiger partial charge < -0.3 is 9.30 Å². The van der Waals surface area contributed by atoms with Gasteiger partial charge in [0.2, 0.25) is 0 Å². The predicted octanol–water partition coefficient (Wildman–Crippen LogP) is 1.78. The Hall–Kier alpha value is -2.96. The zero-order valence-corrected chi connectivity index (χ0v) is 13.4. The Morgan fingerprint density at radius 3 is 2.75 bits per heavy atom. The van der Waals surface area contributed by atoms with Gasteiger partial charge in [-0.15, -0.1) is 0 Å². The van der Waals surface area contributed by atoms with Gasteiger partial charge in [0.1, 0.15) is 0 Å².